The number of fused-ring (bicyclic) bond motifs is 1. The van der Waals surface area contributed by atoms with Gasteiger partial charge in [-0.3, -0.25) is 0 Å². The highest BCUT2D eigenvalue weighted by molar-refractivity contribution is 7.17. The van der Waals surface area contributed by atoms with E-state index in [0.29, 0.717) is 10.6 Å². The second-order valence-electron chi connectivity index (χ2n) is 3.20. The Morgan fingerprint density at radius 3 is 2.87 bits per heavy atom. The largest absolute Gasteiger partial charge is 0.193 e. The lowest BCUT2D eigenvalue weighted by atomic mass is 10.1. The van der Waals surface area contributed by atoms with Crippen molar-refractivity contribution >= 4 is 38.1 Å². The van der Waals surface area contributed by atoms with Crippen molar-refractivity contribution in [2.75, 3.05) is 0 Å². The molecule has 0 amide bonds. The van der Waals surface area contributed by atoms with Gasteiger partial charge in [-0.05, 0) is 13.0 Å². The maximum absolute atomic E-state index is 8.79. The van der Waals surface area contributed by atoms with Crippen LogP contribution in [0.5, 0.6) is 0 Å². The summed E-state index contributed by atoms with van der Waals surface area (Å²) in [6.07, 6.45) is 0. The zero-order valence-electron chi connectivity index (χ0n) is 8.12. The predicted molar refractivity (Wildman–Crippen MR) is 65.9 cm³/mol. The van der Waals surface area contributed by atoms with Gasteiger partial charge < -0.3 is 0 Å². The van der Waals surface area contributed by atoms with Crippen LogP contribution in [0, 0.1) is 11.3 Å². The first-order chi connectivity index (χ1) is 7.24. The van der Waals surface area contributed by atoms with Gasteiger partial charge in [0.25, 0.3) is 0 Å². The van der Waals surface area contributed by atoms with Gasteiger partial charge in [0.05, 0.1) is 11.1 Å². The Bertz CT molecular complexity index is 575. The third-order valence-corrected chi connectivity index (χ3v) is 3.66. The van der Waals surface area contributed by atoms with Crippen molar-refractivity contribution in [3.8, 4) is 6.07 Å². The minimum absolute atomic E-state index is 0.551. The van der Waals surface area contributed by atoms with E-state index in [-0.39, 0.29) is 0 Å². The maximum atomic E-state index is 8.79. The van der Waals surface area contributed by atoms with Gasteiger partial charge in [0, 0.05) is 26.6 Å². The molecule has 0 radical (unpaired) electrons. The standard InChI is InChI=1S/C12H8ClNS/c1-8(6-14)12(13)10-7-15-11-5-3-2-4-9(10)11/h2-5,7H,1H3/b12-8-. The third kappa shape index (κ3) is 1.77. The van der Waals surface area contributed by atoms with Crippen LogP contribution in [0.15, 0.2) is 35.2 Å². The SMILES string of the molecule is C/C(C#N)=C(/Cl)c1csc2ccccc12. The Morgan fingerprint density at radius 2 is 2.13 bits per heavy atom. The van der Waals surface area contributed by atoms with Gasteiger partial charge in [-0.1, -0.05) is 29.8 Å². The van der Waals surface area contributed by atoms with Crippen LogP contribution in [0.1, 0.15) is 12.5 Å². The van der Waals surface area contributed by atoms with Crippen LogP contribution in [-0.4, -0.2) is 0 Å². The van der Waals surface area contributed by atoms with Crippen molar-refractivity contribution in [3.63, 3.8) is 0 Å². The average molecular weight is 234 g/mol. The monoisotopic (exact) mass is 233 g/mol. The molecule has 0 N–H and O–H groups in total. The first-order valence-electron chi connectivity index (χ1n) is 4.47. The Hall–Kier alpha value is -1.30. The molecule has 2 aromatic rings. The van der Waals surface area contributed by atoms with Gasteiger partial charge in [-0.15, -0.1) is 11.3 Å². The molecule has 1 nitrogen and oxygen atoms in total. The zero-order valence-corrected chi connectivity index (χ0v) is 9.69. The summed E-state index contributed by atoms with van der Waals surface area (Å²) in [6.45, 7) is 1.73. The van der Waals surface area contributed by atoms with Crippen LogP contribution >= 0.6 is 22.9 Å². The van der Waals surface area contributed by atoms with E-state index < -0.39 is 0 Å². The molecule has 74 valence electrons. The average Bonchev–Trinajstić information content (AvgIpc) is 2.70. The van der Waals surface area contributed by atoms with Crippen LogP contribution < -0.4 is 0 Å². The van der Waals surface area contributed by atoms with Gasteiger partial charge in [-0.2, -0.15) is 5.26 Å². The highest BCUT2D eigenvalue weighted by Crippen LogP contribution is 2.34. The molecule has 1 heterocycles. The molecule has 0 atom stereocenters. The van der Waals surface area contributed by atoms with Crippen molar-refractivity contribution in [2.24, 2.45) is 0 Å². The Kier molecular flexibility index (Phi) is 2.77. The van der Waals surface area contributed by atoms with Crippen molar-refractivity contribution in [3.05, 3.63) is 40.8 Å². The minimum atomic E-state index is 0.551. The van der Waals surface area contributed by atoms with Crippen molar-refractivity contribution in [2.45, 2.75) is 6.92 Å². The van der Waals surface area contributed by atoms with Crippen LogP contribution in [0.25, 0.3) is 15.1 Å². The molecule has 0 bridgehead atoms. The fourth-order valence-electron chi connectivity index (χ4n) is 1.40. The normalized spacial score (nSPS) is 12.3. The number of thiophene rings is 1. The van der Waals surface area contributed by atoms with Crippen LogP contribution in [0.2, 0.25) is 0 Å². The lowest BCUT2D eigenvalue weighted by Crippen LogP contribution is -1.78. The summed E-state index contributed by atoms with van der Waals surface area (Å²) in [5.41, 5.74) is 1.51. The van der Waals surface area contributed by atoms with E-state index in [9.17, 15) is 0 Å². The van der Waals surface area contributed by atoms with E-state index in [0.717, 1.165) is 10.9 Å². The molecule has 0 fully saturated rings. The highest BCUT2D eigenvalue weighted by atomic mass is 35.5. The number of nitrogens with zero attached hydrogens (tertiary/aromatic N) is 1. The summed E-state index contributed by atoms with van der Waals surface area (Å²) in [7, 11) is 0. The van der Waals surface area contributed by atoms with Gasteiger partial charge in [-0.25, -0.2) is 0 Å². The fourth-order valence-corrected chi connectivity index (χ4v) is 2.61. The first-order valence-corrected chi connectivity index (χ1v) is 5.73. The predicted octanol–water partition coefficient (Wildman–Crippen LogP) is 4.39. The molecule has 0 unspecified atom stereocenters. The summed E-state index contributed by atoms with van der Waals surface area (Å²) in [6, 6.07) is 10.1. The molecule has 2 rings (SSSR count). The molecule has 0 spiro atoms. The highest BCUT2D eigenvalue weighted by Gasteiger charge is 2.08. The van der Waals surface area contributed by atoms with E-state index >= 15 is 0 Å². The summed E-state index contributed by atoms with van der Waals surface area (Å²) < 4.78 is 1.19. The molecule has 1 aromatic carbocycles. The smallest absolute Gasteiger partial charge is 0.0959 e. The molecule has 0 aliphatic carbocycles. The number of nitriles is 1. The third-order valence-electron chi connectivity index (χ3n) is 2.21. The summed E-state index contributed by atoms with van der Waals surface area (Å²) in [5, 5.41) is 12.4. The maximum Gasteiger partial charge on any atom is 0.0959 e. The Balaban J connectivity index is 2.69. The summed E-state index contributed by atoms with van der Waals surface area (Å²) >= 11 is 7.78. The fraction of sp³-hybridized carbons (Fsp3) is 0.0833. The van der Waals surface area contributed by atoms with E-state index in [2.05, 4.69) is 12.1 Å². The second-order valence-corrected chi connectivity index (χ2v) is 4.49. The van der Waals surface area contributed by atoms with Gasteiger partial charge in [0.15, 0.2) is 0 Å². The first kappa shape index (κ1) is 10.2. The van der Waals surface area contributed by atoms with E-state index in [1.165, 1.54) is 4.70 Å². The summed E-state index contributed by atoms with van der Waals surface area (Å²) in [4.78, 5) is 0. The molecule has 0 aliphatic rings. The molecule has 0 saturated carbocycles. The molecular formula is C12H8ClNS. The number of rotatable bonds is 1. The topological polar surface area (TPSA) is 23.8 Å². The van der Waals surface area contributed by atoms with E-state index in [1.807, 2.05) is 23.6 Å². The number of halogens is 1. The molecule has 0 aliphatic heterocycles. The molecular weight excluding hydrogens is 226 g/mol. The summed E-state index contributed by atoms with van der Waals surface area (Å²) in [5.74, 6) is 0. The van der Waals surface area contributed by atoms with Crippen molar-refractivity contribution < 1.29 is 0 Å². The van der Waals surface area contributed by atoms with Gasteiger partial charge in [0.1, 0.15) is 0 Å². The van der Waals surface area contributed by atoms with Crippen LogP contribution in [0.3, 0.4) is 0 Å². The number of allylic oxidation sites excluding steroid dienone is 1. The zero-order chi connectivity index (χ0) is 10.8. The Labute approximate surface area is 97.2 Å². The quantitative estimate of drug-likeness (QED) is 0.670. The van der Waals surface area contributed by atoms with E-state index in [1.54, 1.807) is 18.3 Å². The van der Waals surface area contributed by atoms with Gasteiger partial charge in [0.2, 0.25) is 0 Å². The lowest BCUT2D eigenvalue weighted by Gasteiger charge is -1.97. The number of benzene rings is 1. The Morgan fingerprint density at radius 1 is 1.40 bits per heavy atom. The van der Waals surface area contributed by atoms with E-state index in [4.69, 9.17) is 16.9 Å². The molecule has 1 aromatic heterocycles. The minimum Gasteiger partial charge on any atom is -0.193 e. The second kappa shape index (κ2) is 4.06. The van der Waals surface area contributed by atoms with Gasteiger partial charge >= 0.3 is 0 Å². The van der Waals surface area contributed by atoms with Crippen LogP contribution in [-0.2, 0) is 0 Å². The van der Waals surface area contributed by atoms with Crippen LogP contribution in [0.4, 0.5) is 0 Å². The van der Waals surface area contributed by atoms with Crippen molar-refractivity contribution in [1.82, 2.24) is 0 Å². The lowest BCUT2D eigenvalue weighted by molar-refractivity contribution is 1.46. The number of hydrogen-bond donors (Lipinski definition) is 0. The molecule has 3 heteroatoms. The molecule has 0 saturated heterocycles. The molecule has 15 heavy (non-hydrogen) atoms. The number of hydrogen-bond acceptors (Lipinski definition) is 2. The van der Waals surface area contributed by atoms with Crippen molar-refractivity contribution in [1.29, 1.82) is 5.26 Å².